The van der Waals surface area contributed by atoms with Crippen LogP contribution in [0.5, 0.6) is 5.75 Å². The molecular formula is C19H20N4O2. The Hall–Kier alpha value is -2.86. The summed E-state index contributed by atoms with van der Waals surface area (Å²) in [5.41, 5.74) is 0. The molecule has 0 bridgehead atoms. The van der Waals surface area contributed by atoms with Gasteiger partial charge in [-0.05, 0) is 22.9 Å². The molecule has 0 radical (unpaired) electrons. The van der Waals surface area contributed by atoms with Crippen molar-refractivity contribution in [2.75, 3.05) is 13.2 Å². The number of hydrogen-bond donors (Lipinski definition) is 2. The van der Waals surface area contributed by atoms with E-state index in [0.717, 1.165) is 16.6 Å². The Balaban J connectivity index is 1.34. The normalized spacial score (nSPS) is 16.9. The standard InChI is InChI=1S/C19H20N4O2/c24-19(22-16-10-20-11-18-21-7-8-23(18)12-16)13-25-17-6-5-14-3-1-2-4-15(14)9-17/h1-9,16,20H,10-13H2,(H,22,24). The molecule has 0 spiro atoms. The fourth-order valence-corrected chi connectivity index (χ4v) is 3.11. The highest BCUT2D eigenvalue weighted by Gasteiger charge is 2.18. The molecule has 25 heavy (non-hydrogen) atoms. The molecule has 6 heteroatoms. The van der Waals surface area contributed by atoms with Gasteiger partial charge in [0.2, 0.25) is 0 Å². The minimum absolute atomic E-state index is 0.00558. The predicted molar refractivity (Wildman–Crippen MR) is 95.3 cm³/mol. The van der Waals surface area contributed by atoms with E-state index in [0.29, 0.717) is 25.4 Å². The summed E-state index contributed by atoms with van der Waals surface area (Å²) in [6.07, 6.45) is 3.72. The van der Waals surface area contributed by atoms with Gasteiger partial charge in [-0.3, -0.25) is 4.79 Å². The van der Waals surface area contributed by atoms with E-state index >= 15 is 0 Å². The highest BCUT2D eigenvalue weighted by molar-refractivity contribution is 5.84. The van der Waals surface area contributed by atoms with Crippen molar-refractivity contribution in [1.82, 2.24) is 20.2 Å². The van der Waals surface area contributed by atoms with E-state index in [1.54, 1.807) is 6.20 Å². The lowest BCUT2D eigenvalue weighted by Gasteiger charge is -2.17. The number of benzene rings is 2. The SMILES string of the molecule is O=C(COc1ccc2ccccc2c1)NC1CNCc2nccn2C1. The van der Waals surface area contributed by atoms with Crippen molar-refractivity contribution in [1.29, 1.82) is 0 Å². The molecule has 0 fully saturated rings. The average Bonchev–Trinajstić information content (AvgIpc) is 2.98. The average molecular weight is 336 g/mol. The second-order valence-electron chi connectivity index (χ2n) is 6.19. The number of nitrogens with zero attached hydrogens (tertiary/aromatic N) is 2. The third-order valence-electron chi connectivity index (χ3n) is 4.35. The third-order valence-corrected chi connectivity index (χ3v) is 4.35. The van der Waals surface area contributed by atoms with Gasteiger partial charge in [-0.25, -0.2) is 4.98 Å². The fraction of sp³-hybridized carbons (Fsp3) is 0.263. The Bertz CT molecular complexity index is 890. The molecule has 0 saturated carbocycles. The molecule has 0 saturated heterocycles. The van der Waals surface area contributed by atoms with Crippen LogP contribution in [0.1, 0.15) is 5.82 Å². The van der Waals surface area contributed by atoms with Gasteiger partial charge in [-0.1, -0.05) is 30.3 Å². The van der Waals surface area contributed by atoms with E-state index in [1.807, 2.05) is 42.6 Å². The summed E-state index contributed by atoms with van der Waals surface area (Å²) < 4.78 is 7.72. The summed E-state index contributed by atoms with van der Waals surface area (Å²) in [6, 6.07) is 13.9. The number of amides is 1. The number of rotatable bonds is 4. The van der Waals surface area contributed by atoms with Crippen molar-refractivity contribution >= 4 is 16.7 Å². The van der Waals surface area contributed by atoms with Crippen molar-refractivity contribution in [3.05, 3.63) is 60.7 Å². The topological polar surface area (TPSA) is 68.2 Å². The number of nitrogens with one attached hydrogen (secondary N) is 2. The highest BCUT2D eigenvalue weighted by atomic mass is 16.5. The van der Waals surface area contributed by atoms with Crippen LogP contribution < -0.4 is 15.4 Å². The quantitative estimate of drug-likeness (QED) is 0.761. The molecule has 1 aliphatic heterocycles. The van der Waals surface area contributed by atoms with Crippen LogP contribution in [0, 0.1) is 0 Å². The summed E-state index contributed by atoms with van der Waals surface area (Å²) in [4.78, 5) is 16.5. The van der Waals surface area contributed by atoms with Gasteiger partial charge in [0, 0.05) is 25.5 Å². The van der Waals surface area contributed by atoms with E-state index in [-0.39, 0.29) is 18.6 Å². The lowest BCUT2D eigenvalue weighted by atomic mass is 10.1. The number of imidazole rings is 1. The Morgan fingerprint density at radius 3 is 3.08 bits per heavy atom. The first-order valence-electron chi connectivity index (χ1n) is 8.39. The van der Waals surface area contributed by atoms with Crippen LogP contribution in [-0.2, 0) is 17.9 Å². The summed E-state index contributed by atoms with van der Waals surface area (Å²) in [5.74, 6) is 1.57. The van der Waals surface area contributed by atoms with Gasteiger partial charge in [-0.2, -0.15) is 0 Å². The number of ether oxygens (including phenoxy) is 1. The Labute approximate surface area is 145 Å². The zero-order valence-electron chi connectivity index (χ0n) is 13.8. The Kier molecular flexibility index (Phi) is 4.35. The van der Waals surface area contributed by atoms with E-state index in [4.69, 9.17) is 4.74 Å². The van der Waals surface area contributed by atoms with Crippen LogP contribution in [0.2, 0.25) is 0 Å². The van der Waals surface area contributed by atoms with Crippen LogP contribution in [0.15, 0.2) is 54.9 Å². The van der Waals surface area contributed by atoms with Gasteiger partial charge in [0.15, 0.2) is 6.61 Å². The van der Waals surface area contributed by atoms with E-state index in [2.05, 4.69) is 26.3 Å². The van der Waals surface area contributed by atoms with E-state index < -0.39 is 0 Å². The summed E-state index contributed by atoms with van der Waals surface area (Å²) in [5, 5.41) is 8.57. The van der Waals surface area contributed by atoms with Crippen molar-refractivity contribution in [3.63, 3.8) is 0 Å². The molecule has 1 atom stereocenters. The molecule has 1 aliphatic rings. The monoisotopic (exact) mass is 336 g/mol. The molecule has 128 valence electrons. The second-order valence-corrected chi connectivity index (χ2v) is 6.19. The molecule has 6 nitrogen and oxygen atoms in total. The summed E-state index contributed by atoms with van der Waals surface area (Å²) in [7, 11) is 0. The number of hydrogen-bond acceptors (Lipinski definition) is 4. The number of fused-ring (bicyclic) bond motifs is 2. The van der Waals surface area contributed by atoms with E-state index in [9.17, 15) is 4.79 Å². The molecule has 2 heterocycles. The van der Waals surface area contributed by atoms with Crippen LogP contribution >= 0.6 is 0 Å². The minimum atomic E-state index is -0.122. The van der Waals surface area contributed by atoms with Gasteiger partial charge in [0.1, 0.15) is 11.6 Å². The number of carbonyl (C=O) groups excluding carboxylic acids is 1. The largest absolute Gasteiger partial charge is 0.484 e. The van der Waals surface area contributed by atoms with Gasteiger partial charge in [0.25, 0.3) is 5.91 Å². The molecule has 1 unspecified atom stereocenters. The molecule has 4 rings (SSSR count). The molecule has 2 aromatic carbocycles. The first-order chi connectivity index (χ1) is 12.3. The summed E-state index contributed by atoms with van der Waals surface area (Å²) >= 11 is 0. The smallest absolute Gasteiger partial charge is 0.258 e. The maximum absolute atomic E-state index is 12.2. The molecule has 3 aromatic rings. The lowest BCUT2D eigenvalue weighted by molar-refractivity contribution is -0.123. The first-order valence-corrected chi connectivity index (χ1v) is 8.39. The summed E-state index contributed by atoms with van der Waals surface area (Å²) in [6.45, 7) is 2.15. The minimum Gasteiger partial charge on any atom is -0.484 e. The van der Waals surface area contributed by atoms with Gasteiger partial charge in [-0.15, -0.1) is 0 Å². The van der Waals surface area contributed by atoms with Crippen molar-refractivity contribution in [3.8, 4) is 5.75 Å². The van der Waals surface area contributed by atoms with Crippen LogP contribution in [-0.4, -0.2) is 34.7 Å². The second kappa shape index (κ2) is 6.94. The first kappa shape index (κ1) is 15.7. The maximum atomic E-state index is 12.2. The molecule has 0 aliphatic carbocycles. The number of carbonyl (C=O) groups is 1. The molecular weight excluding hydrogens is 316 g/mol. The van der Waals surface area contributed by atoms with Crippen LogP contribution in [0.25, 0.3) is 10.8 Å². The Morgan fingerprint density at radius 1 is 1.28 bits per heavy atom. The maximum Gasteiger partial charge on any atom is 0.258 e. The third kappa shape index (κ3) is 3.64. The lowest BCUT2D eigenvalue weighted by Crippen LogP contribution is -2.44. The zero-order valence-corrected chi connectivity index (χ0v) is 13.8. The van der Waals surface area contributed by atoms with Crippen molar-refractivity contribution in [2.24, 2.45) is 0 Å². The predicted octanol–water partition coefficient (Wildman–Crippen LogP) is 1.70. The number of aromatic nitrogens is 2. The fourth-order valence-electron chi connectivity index (χ4n) is 3.11. The van der Waals surface area contributed by atoms with Gasteiger partial charge < -0.3 is 19.9 Å². The van der Waals surface area contributed by atoms with Crippen LogP contribution in [0.4, 0.5) is 0 Å². The molecule has 2 N–H and O–H groups in total. The van der Waals surface area contributed by atoms with Crippen molar-refractivity contribution in [2.45, 2.75) is 19.1 Å². The van der Waals surface area contributed by atoms with Crippen molar-refractivity contribution < 1.29 is 9.53 Å². The Morgan fingerprint density at radius 2 is 2.16 bits per heavy atom. The van der Waals surface area contributed by atoms with Gasteiger partial charge in [0.05, 0.1) is 12.6 Å². The highest BCUT2D eigenvalue weighted by Crippen LogP contribution is 2.20. The molecule has 1 aromatic heterocycles. The molecule has 1 amide bonds. The van der Waals surface area contributed by atoms with Gasteiger partial charge >= 0.3 is 0 Å². The van der Waals surface area contributed by atoms with Crippen LogP contribution in [0.3, 0.4) is 0 Å². The van der Waals surface area contributed by atoms with E-state index in [1.165, 1.54) is 0 Å². The zero-order chi connectivity index (χ0) is 17.1.